The van der Waals surface area contributed by atoms with E-state index in [-0.39, 0.29) is 11.3 Å². The molecular formula is C31H33NO3. The summed E-state index contributed by atoms with van der Waals surface area (Å²) in [5, 5.41) is 11.4. The molecule has 0 radical (unpaired) electrons. The molecule has 0 bridgehead atoms. The average Bonchev–Trinajstić information content (AvgIpc) is 3.10. The molecule has 1 saturated heterocycles. The standard InChI is InChI=1S/C31H33NO3/c1-18(2)22-9-11-24(12-10-22)28-27(29(33)25-8-7-20(5)21(6)17-25)30(34)31(35)32(28)26-15-13-23(14-16-26)19(3)4/h7-19,28,33H,1-6H3/b29-27-. The highest BCUT2D eigenvalue weighted by Crippen LogP contribution is 2.42. The van der Waals surface area contributed by atoms with E-state index in [1.54, 1.807) is 6.07 Å². The second-order valence-electron chi connectivity index (χ2n) is 10.0. The van der Waals surface area contributed by atoms with Crippen LogP contribution in [0.3, 0.4) is 0 Å². The fraction of sp³-hybridized carbons (Fsp3) is 0.290. The Kier molecular flexibility index (Phi) is 6.66. The van der Waals surface area contributed by atoms with Crippen LogP contribution in [0.2, 0.25) is 0 Å². The van der Waals surface area contributed by atoms with Gasteiger partial charge in [-0.3, -0.25) is 14.5 Å². The Balaban J connectivity index is 1.91. The molecule has 3 aromatic rings. The lowest BCUT2D eigenvalue weighted by atomic mass is 9.92. The molecule has 3 aromatic carbocycles. The minimum atomic E-state index is -0.720. The van der Waals surface area contributed by atoms with Crippen molar-refractivity contribution in [3.8, 4) is 0 Å². The van der Waals surface area contributed by atoms with Gasteiger partial charge in [-0.15, -0.1) is 0 Å². The van der Waals surface area contributed by atoms with Crippen LogP contribution in [0.4, 0.5) is 5.69 Å². The zero-order valence-corrected chi connectivity index (χ0v) is 21.3. The number of carbonyl (C=O) groups is 2. The summed E-state index contributed by atoms with van der Waals surface area (Å²) in [6, 6.07) is 20.5. The minimum absolute atomic E-state index is 0.114. The molecule has 35 heavy (non-hydrogen) atoms. The lowest BCUT2D eigenvalue weighted by Gasteiger charge is -2.26. The second-order valence-corrected chi connectivity index (χ2v) is 10.0. The lowest BCUT2D eigenvalue weighted by molar-refractivity contribution is -0.132. The lowest BCUT2D eigenvalue weighted by Crippen LogP contribution is -2.29. The SMILES string of the molecule is Cc1ccc(/C(O)=C2/C(=O)C(=O)N(c3ccc(C(C)C)cc3)C2c2ccc(C(C)C)cc2)cc1C. The van der Waals surface area contributed by atoms with Gasteiger partial charge in [-0.25, -0.2) is 0 Å². The normalized spacial score (nSPS) is 17.6. The molecular weight excluding hydrogens is 434 g/mol. The van der Waals surface area contributed by atoms with Crippen molar-refractivity contribution in [2.75, 3.05) is 4.90 Å². The van der Waals surface area contributed by atoms with Crippen LogP contribution in [0.1, 0.15) is 79.0 Å². The Bertz CT molecular complexity index is 1300. The molecule has 0 aliphatic carbocycles. The number of rotatable bonds is 5. The van der Waals surface area contributed by atoms with Crippen LogP contribution in [0.25, 0.3) is 5.76 Å². The summed E-state index contributed by atoms with van der Waals surface area (Å²) >= 11 is 0. The number of carbonyl (C=O) groups excluding carboxylic acids is 2. The number of anilines is 1. The number of aryl methyl sites for hydroxylation is 2. The first-order valence-electron chi connectivity index (χ1n) is 12.2. The quantitative estimate of drug-likeness (QED) is 0.246. The van der Waals surface area contributed by atoms with Gasteiger partial charge in [0.15, 0.2) is 0 Å². The first-order chi connectivity index (χ1) is 16.6. The number of amides is 1. The van der Waals surface area contributed by atoms with Gasteiger partial charge >= 0.3 is 0 Å². The smallest absolute Gasteiger partial charge is 0.300 e. The number of hydrogen-bond donors (Lipinski definition) is 1. The van der Waals surface area contributed by atoms with Gasteiger partial charge in [-0.2, -0.15) is 0 Å². The van der Waals surface area contributed by atoms with E-state index in [1.165, 1.54) is 10.5 Å². The Morgan fingerprint density at radius 3 is 1.83 bits per heavy atom. The first-order valence-corrected chi connectivity index (χ1v) is 12.2. The Morgan fingerprint density at radius 2 is 1.31 bits per heavy atom. The van der Waals surface area contributed by atoms with E-state index in [2.05, 4.69) is 27.7 Å². The van der Waals surface area contributed by atoms with E-state index >= 15 is 0 Å². The van der Waals surface area contributed by atoms with Gasteiger partial charge in [0, 0.05) is 11.3 Å². The Hall–Kier alpha value is -3.66. The molecule has 4 rings (SSSR count). The third-order valence-corrected chi connectivity index (χ3v) is 6.98. The highest BCUT2D eigenvalue weighted by Gasteiger charge is 2.47. The molecule has 1 heterocycles. The van der Waals surface area contributed by atoms with Gasteiger partial charge < -0.3 is 5.11 Å². The van der Waals surface area contributed by atoms with Crippen LogP contribution in [0.15, 0.2) is 72.3 Å². The number of benzene rings is 3. The summed E-state index contributed by atoms with van der Waals surface area (Å²) in [6.07, 6.45) is 0. The molecule has 1 aliphatic rings. The summed E-state index contributed by atoms with van der Waals surface area (Å²) in [7, 11) is 0. The van der Waals surface area contributed by atoms with Crippen molar-refractivity contribution in [3.63, 3.8) is 0 Å². The summed E-state index contributed by atoms with van der Waals surface area (Å²) in [5.74, 6) is -0.749. The van der Waals surface area contributed by atoms with Crippen molar-refractivity contribution in [1.82, 2.24) is 0 Å². The number of hydrogen-bond acceptors (Lipinski definition) is 3. The van der Waals surface area contributed by atoms with E-state index in [0.29, 0.717) is 23.1 Å². The summed E-state index contributed by atoms with van der Waals surface area (Å²) in [5.41, 5.74) is 6.48. The van der Waals surface area contributed by atoms with Crippen molar-refractivity contribution in [1.29, 1.82) is 0 Å². The van der Waals surface area contributed by atoms with Crippen molar-refractivity contribution in [2.45, 2.75) is 59.4 Å². The topological polar surface area (TPSA) is 57.6 Å². The van der Waals surface area contributed by atoms with Gasteiger partial charge in [0.1, 0.15) is 5.76 Å². The van der Waals surface area contributed by atoms with Gasteiger partial charge in [0.05, 0.1) is 11.6 Å². The number of ketones is 1. The third kappa shape index (κ3) is 4.53. The van der Waals surface area contributed by atoms with Crippen LogP contribution < -0.4 is 4.90 Å². The highest BCUT2D eigenvalue weighted by atomic mass is 16.3. The molecule has 180 valence electrons. The largest absolute Gasteiger partial charge is 0.507 e. The van der Waals surface area contributed by atoms with Crippen LogP contribution >= 0.6 is 0 Å². The van der Waals surface area contributed by atoms with E-state index < -0.39 is 17.7 Å². The van der Waals surface area contributed by atoms with Crippen LogP contribution in [0, 0.1) is 13.8 Å². The fourth-order valence-electron chi connectivity index (χ4n) is 4.54. The van der Waals surface area contributed by atoms with Crippen LogP contribution in [-0.2, 0) is 9.59 Å². The number of Topliss-reactive ketones (excluding diaryl/α,β-unsaturated/α-hetero) is 1. The van der Waals surface area contributed by atoms with Crippen LogP contribution in [0.5, 0.6) is 0 Å². The maximum atomic E-state index is 13.4. The Morgan fingerprint density at radius 1 is 0.771 bits per heavy atom. The summed E-state index contributed by atoms with van der Waals surface area (Å²) in [6.45, 7) is 12.4. The summed E-state index contributed by atoms with van der Waals surface area (Å²) in [4.78, 5) is 28.3. The molecule has 1 unspecified atom stereocenters. The maximum absolute atomic E-state index is 13.4. The van der Waals surface area contributed by atoms with Gasteiger partial charge in [-0.05, 0) is 71.7 Å². The van der Waals surface area contributed by atoms with Crippen molar-refractivity contribution < 1.29 is 14.7 Å². The predicted molar refractivity (Wildman–Crippen MR) is 142 cm³/mol. The molecule has 1 aliphatic heterocycles. The maximum Gasteiger partial charge on any atom is 0.300 e. The second kappa shape index (κ2) is 9.53. The van der Waals surface area contributed by atoms with Gasteiger partial charge in [0.25, 0.3) is 11.7 Å². The zero-order valence-electron chi connectivity index (χ0n) is 21.3. The molecule has 1 atom stereocenters. The molecule has 0 saturated carbocycles. The molecule has 0 aromatic heterocycles. The molecule has 4 heteroatoms. The first kappa shape index (κ1) is 24.5. The molecule has 1 amide bonds. The van der Waals surface area contributed by atoms with Crippen molar-refractivity contribution >= 4 is 23.1 Å². The summed E-state index contributed by atoms with van der Waals surface area (Å²) < 4.78 is 0. The predicted octanol–water partition coefficient (Wildman–Crippen LogP) is 7.18. The molecule has 1 fully saturated rings. The van der Waals surface area contributed by atoms with Gasteiger partial charge in [0.2, 0.25) is 0 Å². The van der Waals surface area contributed by atoms with E-state index in [1.807, 2.05) is 74.5 Å². The molecule has 1 N–H and O–H groups in total. The molecule has 4 nitrogen and oxygen atoms in total. The van der Waals surface area contributed by atoms with Crippen LogP contribution in [-0.4, -0.2) is 16.8 Å². The van der Waals surface area contributed by atoms with E-state index in [9.17, 15) is 14.7 Å². The number of nitrogens with zero attached hydrogens (tertiary/aromatic N) is 1. The van der Waals surface area contributed by atoms with E-state index in [4.69, 9.17) is 0 Å². The monoisotopic (exact) mass is 467 g/mol. The number of aliphatic hydroxyl groups excluding tert-OH is 1. The number of aliphatic hydroxyl groups is 1. The fourth-order valence-corrected chi connectivity index (χ4v) is 4.54. The highest BCUT2D eigenvalue weighted by molar-refractivity contribution is 6.51. The zero-order chi connectivity index (χ0) is 25.4. The average molecular weight is 468 g/mol. The van der Waals surface area contributed by atoms with Gasteiger partial charge in [-0.1, -0.05) is 76.2 Å². The van der Waals surface area contributed by atoms with E-state index in [0.717, 1.165) is 22.3 Å². The van der Waals surface area contributed by atoms with Crippen molar-refractivity contribution in [3.05, 3.63) is 106 Å². The third-order valence-electron chi connectivity index (χ3n) is 6.98. The Labute approximate surface area is 207 Å². The minimum Gasteiger partial charge on any atom is -0.507 e. The molecule has 0 spiro atoms. The van der Waals surface area contributed by atoms with Crippen molar-refractivity contribution in [2.24, 2.45) is 0 Å².